The molecule has 0 rings (SSSR count). The summed E-state index contributed by atoms with van der Waals surface area (Å²) in [7, 11) is 1.75. The minimum atomic E-state index is -0.465. The topological polar surface area (TPSA) is 83.5 Å². The van der Waals surface area contributed by atoms with Gasteiger partial charge in [-0.15, -0.1) is 0 Å². The molecule has 0 bridgehead atoms. The fourth-order valence-corrected chi connectivity index (χ4v) is 2.25. The fraction of sp³-hybridized carbons (Fsp3) is 0.909. The van der Waals surface area contributed by atoms with Crippen molar-refractivity contribution in [1.82, 2.24) is 4.90 Å². The molecule has 1 amide bonds. The van der Waals surface area contributed by atoms with Crippen molar-refractivity contribution >= 4 is 12.1 Å². The molecule has 0 aliphatic heterocycles. The molecule has 0 aromatic rings. The Bertz CT molecular complexity index is 469. The highest BCUT2D eigenvalue weighted by Crippen LogP contribution is 2.10. The van der Waals surface area contributed by atoms with E-state index in [1.165, 1.54) is 0 Å². The Morgan fingerprint density at radius 2 is 1.17 bits per heavy atom. The van der Waals surface area contributed by atoms with E-state index >= 15 is 0 Å². The molecule has 0 saturated carbocycles. The third-order valence-corrected chi connectivity index (χ3v) is 3.60. The number of nitrogens with zero attached hydrogens (tertiary/aromatic N) is 1. The molecule has 0 aromatic carbocycles. The largest absolute Gasteiger partial charge is 0.460 e. The minimum Gasteiger partial charge on any atom is -0.460 e. The second-order valence-corrected chi connectivity index (χ2v) is 9.14. The van der Waals surface area contributed by atoms with Crippen LogP contribution in [0, 0.1) is 0 Å². The van der Waals surface area contributed by atoms with Crippen LogP contribution in [0.1, 0.15) is 67.2 Å². The summed E-state index contributed by atoms with van der Waals surface area (Å²) < 4.78 is 26.8. The van der Waals surface area contributed by atoms with Crippen LogP contribution < -0.4 is 0 Å². The Kier molecular flexibility index (Phi) is 14.7. The van der Waals surface area contributed by atoms with E-state index in [1.54, 1.807) is 11.9 Å². The Balaban J connectivity index is 3.37. The van der Waals surface area contributed by atoms with E-state index in [9.17, 15) is 9.59 Å². The van der Waals surface area contributed by atoms with Crippen molar-refractivity contribution in [2.75, 3.05) is 53.2 Å². The summed E-state index contributed by atoms with van der Waals surface area (Å²) in [4.78, 5) is 24.9. The Morgan fingerprint density at radius 3 is 1.70 bits per heavy atom. The molecule has 0 radical (unpaired) electrons. The van der Waals surface area contributed by atoms with Gasteiger partial charge in [0.05, 0.1) is 39.5 Å². The standard InChI is InChI=1S/C22H43NO7/c1-21(2,3)29-19(24)11-14-27-16-18-28-17-15-26-13-10-8-9-12-23(7)20(25)30-22(4,5)6/h8-18H2,1-7H3. The van der Waals surface area contributed by atoms with Crippen LogP contribution in [0.25, 0.3) is 0 Å². The SMILES string of the molecule is CN(CCCCCOCCOCCOCCC(=O)OC(C)(C)C)C(=O)OC(C)(C)C. The van der Waals surface area contributed by atoms with Crippen LogP contribution in [-0.4, -0.2) is 81.4 Å². The van der Waals surface area contributed by atoms with Gasteiger partial charge in [0.25, 0.3) is 0 Å². The van der Waals surface area contributed by atoms with Crippen LogP contribution in [0.2, 0.25) is 0 Å². The summed E-state index contributed by atoms with van der Waals surface area (Å²) in [5.74, 6) is -0.256. The second kappa shape index (κ2) is 15.4. The summed E-state index contributed by atoms with van der Waals surface area (Å²) in [6.07, 6.45) is 2.80. The van der Waals surface area contributed by atoms with E-state index in [4.69, 9.17) is 23.7 Å². The quantitative estimate of drug-likeness (QED) is 0.287. The summed E-state index contributed by atoms with van der Waals surface area (Å²) >= 11 is 0. The van der Waals surface area contributed by atoms with Crippen LogP contribution in [-0.2, 0) is 28.5 Å². The third-order valence-electron chi connectivity index (χ3n) is 3.60. The molecule has 0 aromatic heterocycles. The maximum absolute atomic E-state index is 11.8. The first kappa shape index (κ1) is 28.6. The van der Waals surface area contributed by atoms with Gasteiger partial charge in [-0.2, -0.15) is 0 Å². The molecule has 0 unspecified atom stereocenters. The Morgan fingerprint density at radius 1 is 0.667 bits per heavy atom. The average molecular weight is 434 g/mol. The molecule has 0 N–H and O–H groups in total. The number of ether oxygens (including phenoxy) is 5. The van der Waals surface area contributed by atoms with Crippen LogP contribution in [0.4, 0.5) is 4.79 Å². The highest BCUT2D eigenvalue weighted by molar-refractivity contribution is 5.69. The molecular formula is C22H43NO7. The first-order chi connectivity index (χ1) is 13.9. The Labute approximate surface area is 182 Å². The molecule has 0 aliphatic carbocycles. The molecule has 0 spiro atoms. The van der Waals surface area contributed by atoms with E-state index in [0.29, 0.717) is 46.2 Å². The van der Waals surface area contributed by atoms with E-state index in [2.05, 4.69) is 0 Å². The normalized spacial score (nSPS) is 12.0. The van der Waals surface area contributed by atoms with Crippen molar-refractivity contribution in [2.45, 2.75) is 78.4 Å². The number of carbonyl (C=O) groups is 2. The molecule has 0 saturated heterocycles. The summed E-state index contributed by atoms with van der Waals surface area (Å²) in [6, 6.07) is 0. The van der Waals surface area contributed by atoms with Gasteiger partial charge in [-0.25, -0.2) is 4.79 Å². The van der Waals surface area contributed by atoms with Crippen molar-refractivity contribution < 1.29 is 33.3 Å². The fourth-order valence-electron chi connectivity index (χ4n) is 2.25. The lowest BCUT2D eigenvalue weighted by molar-refractivity contribution is -0.156. The van der Waals surface area contributed by atoms with Crippen molar-refractivity contribution in [2.24, 2.45) is 0 Å². The summed E-state index contributed by atoms with van der Waals surface area (Å²) in [5.41, 5.74) is -0.926. The van der Waals surface area contributed by atoms with Gasteiger partial charge in [0, 0.05) is 20.2 Å². The van der Waals surface area contributed by atoms with E-state index < -0.39 is 11.2 Å². The zero-order chi connectivity index (χ0) is 23.0. The van der Waals surface area contributed by atoms with Crippen molar-refractivity contribution in [1.29, 1.82) is 0 Å². The van der Waals surface area contributed by atoms with Gasteiger partial charge in [-0.1, -0.05) is 0 Å². The molecule has 30 heavy (non-hydrogen) atoms. The predicted molar refractivity (Wildman–Crippen MR) is 116 cm³/mol. The zero-order valence-corrected chi connectivity index (χ0v) is 20.1. The molecule has 0 fully saturated rings. The van der Waals surface area contributed by atoms with Crippen LogP contribution >= 0.6 is 0 Å². The molecular weight excluding hydrogens is 390 g/mol. The van der Waals surface area contributed by atoms with Crippen LogP contribution in [0.5, 0.6) is 0 Å². The van der Waals surface area contributed by atoms with Gasteiger partial charge in [-0.05, 0) is 60.8 Å². The van der Waals surface area contributed by atoms with Gasteiger partial charge in [0.2, 0.25) is 0 Å². The van der Waals surface area contributed by atoms with Crippen LogP contribution in [0.3, 0.4) is 0 Å². The average Bonchev–Trinajstić information content (AvgIpc) is 2.58. The molecule has 0 aliphatic rings. The lowest BCUT2D eigenvalue weighted by Gasteiger charge is -2.24. The van der Waals surface area contributed by atoms with Gasteiger partial charge in [0.1, 0.15) is 11.2 Å². The lowest BCUT2D eigenvalue weighted by Crippen LogP contribution is -2.34. The molecule has 0 heterocycles. The zero-order valence-electron chi connectivity index (χ0n) is 20.1. The number of unbranched alkanes of at least 4 members (excludes halogenated alkanes) is 2. The lowest BCUT2D eigenvalue weighted by atomic mass is 10.2. The number of hydrogen-bond donors (Lipinski definition) is 0. The van der Waals surface area contributed by atoms with Crippen molar-refractivity contribution in [3.8, 4) is 0 Å². The van der Waals surface area contributed by atoms with Gasteiger partial charge >= 0.3 is 12.1 Å². The number of amides is 1. The predicted octanol–water partition coefficient (Wildman–Crippen LogP) is 3.81. The smallest absolute Gasteiger partial charge is 0.410 e. The number of hydrogen-bond acceptors (Lipinski definition) is 7. The Hall–Kier alpha value is -1.38. The van der Waals surface area contributed by atoms with Gasteiger partial charge in [-0.3, -0.25) is 4.79 Å². The van der Waals surface area contributed by atoms with Crippen LogP contribution in [0.15, 0.2) is 0 Å². The number of carbonyl (C=O) groups excluding carboxylic acids is 2. The summed E-state index contributed by atoms with van der Waals surface area (Å²) in [6.45, 7) is 14.7. The molecule has 8 heteroatoms. The monoisotopic (exact) mass is 433 g/mol. The first-order valence-corrected chi connectivity index (χ1v) is 10.8. The molecule has 8 nitrogen and oxygen atoms in total. The maximum Gasteiger partial charge on any atom is 0.410 e. The van der Waals surface area contributed by atoms with E-state index in [0.717, 1.165) is 19.3 Å². The van der Waals surface area contributed by atoms with Crippen molar-refractivity contribution in [3.05, 3.63) is 0 Å². The highest BCUT2D eigenvalue weighted by atomic mass is 16.6. The van der Waals surface area contributed by atoms with E-state index in [1.807, 2.05) is 41.5 Å². The van der Waals surface area contributed by atoms with Gasteiger partial charge in [0.15, 0.2) is 0 Å². The van der Waals surface area contributed by atoms with Crippen molar-refractivity contribution in [3.63, 3.8) is 0 Å². The molecule has 0 atom stereocenters. The highest BCUT2D eigenvalue weighted by Gasteiger charge is 2.19. The third kappa shape index (κ3) is 19.9. The number of rotatable bonds is 15. The second-order valence-electron chi connectivity index (χ2n) is 9.14. The first-order valence-electron chi connectivity index (χ1n) is 10.8. The van der Waals surface area contributed by atoms with Gasteiger partial charge < -0.3 is 28.6 Å². The minimum absolute atomic E-state index is 0.244. The van der Waals surface area contributed by atoms with E-state index in [-0.39, 0.29) is 18.5 Å². The molecule has 178 valence electrons. The summed E-state index contributed by atoms with van der Waals surface area (Å²) in [5, 5.41) is 0. The maximum atomic E-state index is 11.8. The number of esters is 1.